The summed E-state index contributed by atoms with van der Waals surface area (Å²) in [4.78, 5) is 28.1. The van der Waals surface area contributed by atoms with E-state index in [1.54, 1.807) is 11.9 Å². The summed E-state index contributed by atoms with van der Waals surface area (Å²) in [6, 6.07) is 15.7. The van der Waals surface area contributed by atoms with Gasteiger partial charge >= 0.3 is 0 Å². The van der Waals surface area contributed by atoms with Crippen molar-refractivity contribution in [3.63, 3.8) is 0 Å². The van der Waals surface area contributed by atoms with Crippen LogP contribution in [0.1, 0.15) is 22.3 Å². The van der Waals surface area contributed by atoms with Crippen LogP contribution < -0.4 is 11.1 Å². The van der Waals surface area contributed by atoms with Crippen LogP contribution in [0.3, 0.4) is 0 Å². The molecule has 0 bridgehead atoms. The molecule has 166 valence electrons. The minimum atomic E-state index is -0.0919. The Hall–Kier alpha value is -2.74. The number of nitrogens with one attached hydrogen (secondary N) is 1. The van der Waals surface area contributed by atoms with Crippen molar-refractivity contribution in [3.8, 4) is 11.1 Å². The average Bonchev–Trinajstić information content (AvgIpc) is 2.82. The van der Waals surface area contributed by atoms with Crippen LogP contribution in [0.15, 0.2) is 48.5 Å². The molecule has 2 aromatic rings. The van der Waals surface area contributed by atoms with Gasteiger partial charge in [-0.25, -0.2) is 0 Å². The molecule has 3 rings (SSSR count). The quantitative estimate of drug-likeness (QED) is 0.599. The minimum Gasteiger partial charge on any atom is -0.379 e. The number of nitrogens with zero attached hydrogens (tertiary/aromatic N) is 2. The SMILES string of the molecule is CN(Cc1cccc(-c2ccc(C(=O)NCCCN3CCOCC3)cc2)c1)C(=O)CN. The highest BCUT2D eigenvalue weighted by atomic mass is 16.5. The molecule has 1 heterocycles. The number of benzene rings is 2. The first-order chi connectivity index (χ1) is 15.1. The molecule has 1 aliphatic rings. The maximum absolute atomic E-state index is 12.4. The molecule has 1 fully saturated rings. The Kier molecular flexibility index (Phi) is 8.58. The number of hydrogen-bond acceptors (Lipinski definition) is 5. The molecule has 31 heavy (non-hydrogen) atoms. The molecule has 1 aliphatic heterocycles. The highest BCUT2D eigenvalue weighted by Crippen LogP contribution is 2.21. The summed E-state index contributed by atoms with van der Waals surface area (Å²) in [6.45, 7) is 5.68. The molecule has 7 heteroatoms. The van der Waals surface area contributed by atoms with Crippen molar-refractivity contribution < 1.29 is 14.3 Å². The number of nitrogens with two attached hydrogens (primary N) is 1. The number of rotatable bonds is 9. The predicted molar refractivity (Wildman–Crippen MR) is 122 cm³/mol. The predicted octanol–water partition coefficient (Wildman–Crippen LogP) is 1.72. The van der Waals surface area contributed by atoms with Crippen molar-refractivity contribution in [3.05, 3.63) is 59.7 Å². The van der Waals surface area contributed by atoms with Crippen molar-refractivity contribution in [1.82, 2.24) is 15.1 Å². The number of morpholine rings is 1. The highest BCUT2D eigenvalue weighted by molar-refractivity contribution is 5.94. The second kappa shape index (κ2) is 11.6. The fourth-order valence-corrected chi connectivity index (χ4v) is 3.61. The Bertz CT molecular complexity index is 863. The number of likely N-dealkylation sites (N-methyl/N-ethyl adjacent to an activating group) is 1. The first kappa shape index (κ1) is 22.9. The lowest BCUT2D eigenvalue weighted by Gasteiger charge is -2.26. The maximum Gasteiger partial charge on any atom is 0.251 e. The van der Waals surface area contributed by atoms with Crippen molar-refractivity contribution in [2.75, 3.05) is 53.0 Å². The molecule has 0 unspecified atom stereocenters. The second-order valence-electron chi connectivity index (χ2n) is 7.80. The summed E-state index contributed by atoms with van der Waals surface area (Å²) in [7, 11) is 1.75. The minimum absolute atomic E-state index is 0.00688. The molecule has 3 N–H and O–H groups in total. The zero-order valence-electron chi connectivity index (χ0n) is 18.2. The van der Waals surface area contributed by atoms with E-state index < -0.39 is 0 Å². The molecular formula is C24H32N4O3. The number of carbonyl (C=O) groups is 2. The molecule has 0 saturated carbocycles. The zero-order chi connectivity index (χ0) is 22.1. The summed E-state index contributed by atoms with van der Waals surface area (Å²) in [5, 5.41) is 3.00. The van der Waals surface area contributed by atoms with Crippen LogP contribution in [0.5, 0.6) is 0 Å². The van der Waals surface area contributed by atoms with Gasteiger partial charge in [-0.15, -0.1) is 0 Å². The Balaban J connectivity index is 1.51. The highest BCUT2D eigenvalue weighted by Gasteiger charge is 2.11. The normalized spacial score (nSPS) is 14.3. The number of hydrogen-bond donors (Lipinski definition) is 2. The van der Waals surface area contributed by atoms with Crippen LogP contribution in [0, 0.1) is 0 Å². The van der Waals surface area contributed by atoms with E-state index in [1.807, 2.05) is 42.5 Å². The number of ether oxygens (including phenoxy) is 1. The Morgan fingerprint density at radius 1 is 1.10 bits per heavy atom. The lowest BCUT2D eigenvalue weighted by Crippen LogP contribution is -2.38. The summed E-state index contributed by atoms with van der Waals surface area (Å²) < 4.78 is 5.35. The van der Waals surface area contributed by atoms with Crippen LogP contribution >= 0.6 is 0 Å². The maximum atomic E-state index is 12.4. The van der Waals surface area contributed by atoms with Crippen molar-refractivity contribution in [2.24, 2.45) is 5.73 Å². The van der Waals surface area contributed by atoms with E-state index in [1.165, 1.54) is 0 Å². The average molecular weight is 425 g/mol. The fourth-order valence-electron chi connectivity index (χ4n) is 3.61. The molecule has 2 aromatic carbocycles. The molecule has 2 amide bonds. The van der Waals surface area contributed by atoms with Gasteiger partial charge in [0.05, 0.1) is 19.8 Å². The Labute approximate surface area is 184 Å². The largest absolute Gasteiger partial charge is 0.379 e. The van der Waals surface area contributed by atoms with Gasteiger partial charge in [0.15, 0.2) is 0 Å². The van der Waals surface area contributed by atoms with Crippen LogP contribution in [0.25, 0.3) is 11.1 Å². The van der Waals surface area contributed by atoms with Crippen LogP contribution in [-0.4, -0.2) is 74.6 Å². The Morgan fingerprint density at radius 3 is 2.55 bits per heavy atom. The van der Waals surface area contributed by atoms with E-state index in [2.05, 4.69) is 16.3 Å². The summed E-state index contributed by atoms with van der Waals surface area (Å²) >= 11 is 0. The van der Waals surface area contributed by atoms with Crippen LogP contribution in [0.2, 0.25) is 0 Å². The summed E-state index contributed by atoms with van der Waals surface area (Å²) in [5.41, 5.74) is 9.18. The molecule has 0 aliphatic carbocycles. The monoisotopic (exact) mass is 424 g/mol. The first-order valence-electron chi connectivity index (χ1n) is 10.8. The van der Waals surface area contributed by atoms with E-state index in [0.29, 0.717) is 18.7 Å². The molecule has 1 saturated heterocycles. The first-order valence-corrected chi connectivity index (χ1v) is 10.8. The standard InChI is InChI=1S/C24H32N4O3/c1-27(23(29)17-25)18-19-4-2-5-22(16-19)20-6-8-21(9-7-20)24(30)26-10-3-11-28-12-14-31-15-13-28/h2,4-9,16H,3,10-15,17-18,25H2,1H3,(H,26,30). The second-order valence-corrected chi connectivity index (χ2v) is 7.80. The summed E-state index contributed by atoms with van der Waals surface area (Å²) in [6.07, 6.45) is 0.928. The van der Waals surface area contributed by atoms with Crippen molar-refractivity contribution in [2.45, 2.75) is 13.0 Å². The third-order valence-electron chi connectivity index (χ3n) is 5.47. The van der Waals surface area contributed by atoms with Crippen LogP contribution in [-0.2, 0) is 16.1 Å². The van der Waals surface area contributed by atoms with E-state index in [4.69, 9.17) is 10.5 Å². The topological polar surface area (TPSA) is 87.9 Å². The van der Waals surface area contributed by atoms with Gasteiger partial charge in [-0.1, -0.05) is 30.3 Å². The number of amides is 2. The fraction of sp³-hybridized carbons (Fsp3) is 0.417. The molecule has 0 atom stereocenters. The van der Waals surface area contributed by atoms with Gasteiger partial charge in [0.2, 0.25) is 5.91 Å². The molecule has 7 nitrogen and oxygen atoms in total. The molecule has 0 spiro atoms. The van der Waals surface area contributed by atoms with E-state index in [9.17, 15) is 9.59 Å². The van der Waals surface area contributed by atoms with Crippen molar-refractivity contribution in [1.29, 1.82) is 0 Å². The zero-order valence-corrected chi connectivity index (χ0v) is 18.2. The molecule has 0 radical (unpaired) electrons. The third kappa shape index (κ3) is 6.89. The van der Waals surface area contributed by atoms with Crippen molar-refractivity contribution >= 4 is 11.8 Å². The number of carbonyl (C=O) groups excluding carboxylic acids is 2. The Morgan fingerprint density at radius 2 is 1.84 bits per heavy atom. The van der Waals surface area contributed by atoms with Gasteiger partial charge in [0, 0.05) is 38.8 Å². The van der Waals surface area contributed by atoms with E-state index >= 15 is 0 Å². The van der Waals surface area contributed by atoms with Gasteiger partial charge in [-0.2, -0.15) is 0 Å². The van der Waals surface area contributed by atoms with E-state index in [0.717, 1.165) is 56.0 Å². The summed E-state index contributed by atoms with van der Waals surface area (Å²) in [5.74, 6) is -0.144. The smallest absolute Gasteiger partial charge is 0.251 e. The molecular weight excluding hydrogens is 392 g/mol. The van der Waals surface area contributed by atoms with Gasteiger partial charge in [-0.05, 0) is 47.9 Å². The van der Waals surface area contributed by atoms with Gasteiger partial charge in [0.25, 0.3) is 5.91 Å². The van der Waals surface area contributed by atoms with Gasteiger partial charge in [0.1, 0.15) is 0 Å². The van der Waals surface area contributed by atoms with E-state index in [-0.39, 0.29) is 18.4 Å². The lowest BCUT2D eigenvalue weighted by atomic mass is 10.0. The molecule has 0 aromatic heterocycles. The van der Waals surface area contributed by atoms with Gasteiger partial charge < -0.3 is 20.7 Å². The van der Waals surface area contributed by atoms with Gasteiger partial charge in [-0.3, -0.25) is 14.5 Å². The third-order valence-corrected chi connectivity index (χ3v) is 5.47. The lowest BCUT2D eigenvalue weighted by molar-refractivity contribution is -0.128. The van der Waals surface area contributed by atoms with Crippen LogP contribution in [0.4, 0.5) is 0 Å².